The van der Waals surface area contributed by atoms with Crippen LogP contribution in [0, 0.1) is 13.8 Å². The summed E-state index contributed by atoms with van der Waals surface area (Å²) >= 11 is 0. The van der Waals surface area contributed by atoms with Crippen LogP contribution in [0.1, 0.15) is 35.8 Å². The van der Waals surface area contributed by atoms with Crippen molar-refractivity contribution in [2.75, 3.05) is 37.4 Å². The Morgan fingerprint density at radius 3 is 2.82 bits per heavy atom. The Bertz CT molecular complexity index is 1130. The Morgan fingerprint density at radius 1 is 1.21 bits per heavy atom. The zero-order chi connectivity index (χ0) is 23.4. The van der Waals surface area contributed by atoms with Gasteiger partial charge in [-0.3, -0.25) is 19.4 Å². The van der Waals surface area contributed by atoms with Crippen LogP contribution in [0.5, 0.6) is 5.75 Å². The standard InChI is InChI=1S/C25H32N6O2/c1-17-11-21(28-20-8-5-9-22(12-20)33-4)13-23(27-17)19-7-6-10-31(15-19)16-25(32)29-24-14-26-30(3)18(24)2/h5,8-9,11-14,19H,6-7,10,15-16H2,1-4H3,(H,27,28)(H,29,32)/t19-/m0/s1. The second-order valence-corrected chi connectivity index (χ2v) is 8.67. The van der Waals surface area contributed by atoms with E-state index < -0.39 is 0 Å². The number of aryl methyl sites for hydroxylation is 2. The van der Waals surface area contributed by atoms with Crippen molar-refractivity contribution in [2.45, 2.75) is 32.6 Å². The number of likely N-dealkylation sites (tertiary alicyclic amines) is 1. The highest BCUT2D eigenvalue weighted by molar-refractivity contribution is 5.92. The number of hydrogen-bond donors (Lipinski definition) is 2. The molecule has 4 rings (SSSR count). The normalized spacial score (nSPS) is 16.4. The zero-order valence-electron chi connectivity index (χ0n) is 19.8. The molecule has 0 aliphatic carbocycles. The van der Waals surface area contributed by atoms with Crippen molar-refractivity contribution < 1.29 is 9.53 Å². The van der Waals surface area contributed by atoms with Gasteiger partial charge in [0.05, 0.1) is 31.2 Å². The zero-order valence-corrected chi connectivity index (χ0v) is 19.8. The average Bonchev–Trinajstić information content (AvgIpc) is 3.11. The molecule has 0 bridgehead atoms. The second-order valence-electron chi connectivity index (χ2n) is 8.67. The second kappa shape index (κ2) is 10.0. The van der Waals surface area contributed by atoms with Crippen molar-refractivity contribution in [3.05, 3.63) is 59.7 Å². The summed E-state index contributed by atoms with van der Waals surface area (Å²) in [5.41, 5.74) is 5.73. The van der Waals surface area contributed by atoms with Crippen molar-refractivity contribution in [1.29, 1.82) is 0 Å². The predicted molar refractivity (Wildman–Crippen MR) is 130 cm³/mol. The van der Waals surface area contributed by atoms with Gasteiger partial charge < -0.3 is 15.4 Å². The number of hydrogen-bond acceptors (Lipinski definition) is 6. The molecule has 8 nitrogen and oxygen atoms in total. The van der Waals surface area contributed by atoms with Crippen molar-refractivity contribution in [3.8, 4) is 5.75 Å². The fourth-order valence-electron chi connectivity index (χ4n) is 4.30. The highest BCUT2D eigenvalue weighted by Gasteiger charge is 2.24. The van der Waals surface area contributed by atoms with E-state index in [1.165, 1.54) is 0 Å². The fraction of sp³-hybridized carbons (Fsp3) is 0.400. The van der Waals surface area contributed by atoms with Gasteiger partial charge in [0, 0.05) is 48.3 Å². The monoisotopic (exact) mass is 448 g/mol. The molecule has 33 heavy (non-hydrogen) atoms. The van der Waals surface area contributed by atoms with E-state index in [9.17, 15) is 4.79 Å². The maximum atomic E-state index is 12.6. The van der Waals surface area contributed by atoms with Gasteiger partial charge in [-0.15, -0.1) is 0 Å². The average molecular weight is 449 g/mol. The molecule has 3 heterocycles. The molecule has 0 saturated carbocycles. The lowest BCUT2D eigenvalue weighted by Crippen LogP contribution is -2.40. The van der Waals surface area contributed by atoms with E-state index in [1.54, 1.807) is 18.0 Å². The van der Waals surface area contributed by atoms with E-state index in [4.69, 9.17) is 9.72 Å². The SMILES string of the molecule is COc1cccc(Nc2cc(C)nc([C@H]3CCCN(CC(=O)Nc4cnn(C)c4C)C3)c2)c1. The lowest BCUT2D eigenvalue weighted by Gasteiger charge is -2.32. The molecule has 1 amide bonds. The number of anilines is 3. The highest BCUT2D eigenvalue weighted by Crippen LogP contribution is 2.29. The smallest absolute Gasteiger partial charge is 0.238 e. The summed E-state index contributed by atoms with van der Waals surface area (Å²) in [7, 11) is 3.53. The molecule has 3 aromatic rings. The number of nitrogens with zero attached hydrogens (tertiary/aromatic N) is 4. The molecule has 8 heteroatoms. The summed E-state index contributed by atoms with van der Waals surface area (Å²) in [6.45, 7) is 6.06. The Balaban J connectivity index is 1.42. The molecule has 1 fully saturated rings. The van der Waals surface area contributed by atoms with Crippen molar-refractivity contribution in [3.63, 3.8) is 0 Å². The van der Waals surface area contributed by atoms with Gasteiger partial charge >= 0.3 is 0 Å². The van der Waals surface area contributed by atoms with E-state index in [-0.39, 0.29) is 11.8 Å². The molecular weight excluding hydrogens is 416 g/mol. The summed E-state index contributed by atoms with van der Waals surface area (Å²) < 4.78 is 7.09. The molecule has 2 aromatic heterocycles. The molecule has 1 saturated heterocycles. The lowest BCUT2D eigenvalue weighted by atomic mass is 9.93. The largest absolute Gasteiger partial charge is 0.497 e. The van der Waals surface area contributed by atoms with Crippen LogP contribution < -0.4 is 15.4 Å². The molecule has 174 valence electrons. The van der Waals surface area contributed by atoms with Gasteiger partial charge in [0.1, 0.15) is 5.75 Å². The van der Waals surface area contributed by atoms with Crippen LogP contribution in [0.25, 0.3) is 0 Å². The Hall–Kier alpha value is -3.39. The first kappa shape index (κ1) is 22.8. The number of methoxy groups -OCH3 is 1. The van der Waals surface area contributed by atoms with E-state index >= 15 is 0 Å². The molecule has 1 aromatic carbocycles. The molecular formula is C25H32N6O2. The van der Waals surface area contributed by atoms with Crippen LogP contribution in [0.3, 0.4) is 0 Å². The summed E-state index contributed by atoms with van der Waals surface area (Å²) in [4.78, 5) is 19.7. The minimum absolute atomic E-state index is 0.00988. The first-order chi connectivity index (χ1) is 15.9. The molecule has 1 aliphatic rings. The Labute approximate surface area is 195 Å². The molecule has 0 radical (unpaired) electrons. The third-order valence-corrected chi connectivity index (χ3v) is 6.13. The van der Waals surface area contributed by atoms with E-state index in [0.29, 0.717) is 6.54 Å². The van der Waals surface area contributed by atoms with Gasteiger partial charge in [-0.1, -0.05) is 6.07 Å². The fourth-order valence-corrected chi connectivity index (χ4v) is 4.30. The molecule has 0 spiro atoms. The van der Waals surface area contributed by atoms with Crippen molar-refractivity contribution >= 4 is 23.0 Å². The summed E-state index contributed by atoms with van der Waals surface area (Å²) in [6.07, 6.45) is 3.80. The number of amides is 1. The van der Waals surface area contributed by atoms with Crippen LogP contribution in [0.4, 0.5) is 17.1 Å². The molecule has 1 atom stereocenters. The maximum Gasteiger partial charge on any atom is 0.238 e. The number of nitrogens with one attached hydrogen (secondary N) is 2. The number of rotatable bonds is 7. The van der Waals surface area contributed by atoms with Crippen LogP contribution in [-0.4, -0.2) is 52.3 Å². The van der Waals surface area contributed by atoms with Gasteiger partial charge in [0.2, 0.25) is 5.91 Å². The predicted octanol–water partition coefficient (Wildman–Crippen LogP) is 4.00. The van der Waals surface area contributed by atoms with Crippen LogP contribution in [0.15, 0.2) is 42.6 Å². The lowest BCUT2D eigenvalue weighted by molar-refractivity contribution is -0.117. The molecule has 1 aliphatic heterocycles. The summed E-state index contributed by atoms with van der Waals surface area (Å²) in [5, 5.41) is 10.7. The van der Waals surface area contributed by atoms with Crippen LogP contribution in [0.2, 0.25) is 0 Å². The number of aromatic nitrogens is 3. The third kappa shape index (κ3) is 5.70. The first-order valence-electron chi connectivity index (χ1n) is 11.3. The van der Waals surface area contributed by atoms with Crippen molar-refractivity contribution in [2.24, 2.45) is 7.05 Å². The summed E-state index contributed by atoms with van der Waals surface area (Å²) in [6, 6.07) is 12.1. The Kier molecular flexibility index (Phi) is 6.93. The van der Waals surface area contributed by atoms with E-state index in [2.05, 4.69) is 26.7 Å². The number of carbonyl (C=O) groups is 1. The van der Waals surface area contributed by atoms with Gasteiger partial charge in [0.25, 0.3) is 0 Å². The minimum atomic E-state index is -0.00988. The molecule has 0 unspecified atom stereocenters. The number of carbonyl (C=O) groups excluding carboxylic acids is 1. The van der Waals surface area contributed by atoms with Gasteiger partial charge in [0.15, 0.2) is 0 Å². The molecule has 2 N–H and O–H groups in total. The topological polar surface area (TPSA) is 84.3 Å². The highest BCUT2D eigenvalue weighted by atomic mass is 16.5. The van der Waals surface area contributed by atoms with Crippen LogP contribution >= 0.6 is 0 Å². The van der Waals surface area contributed by atoms with Gasteiger partial charge in [-0.05, 0) is 57.5 Å². The van der Waals surface area contributed by atoms with E-state index in [0.717, 1.165) is 65.8 Å². The van der Waals surface area contributed by atoms with Crippen LogP contribution in [-0.2, 0) is 11.8 Å². The number of ether oxygens (including phenoxy) is 1. The number of piperidine rings is 1. The summed E-state index contributed by atoms with van der Waals surface area (Å²) in [5.74, 6) is 1.09. The van der Waals surface area contributed by atoms with Crippen molar-refractivity contribution in [1.82, 2.24) is 19.7 Å². The first-order valence-corrected chi connectivity index (χ1v) is 11.3. The quantitative estimate of drug-likeness (QED) is 0.568. The third-order valence-electron chi connectivity index (χ3n) is 6.13. The van der Waals surface area contributed by atoms with Gasteiger partial charge in [-0.25, -0.2) is 0 Å². The maximum absolute atomic E-state index is 12.6. The van der Waals surface area contributed by atoms with Gasteiger partial charge in [-0.2, -0.15) is 5.10 Å². The van der Waals surface area contributed by atoms with E-state index in [1.807, 2.05) is 51.2 Å². The number of benzene rings is 1. The minimum Gasteiger partial charge on any atom is -0.497 e. The Morgan fingerprint density at radius 2 is 2.06 bits per heavy atom. The number of pyridine rings is 1.